The average Bonchev–Trinajstić information content (AvgIpc) is 2.84. The molecule has 1 saturated heterocycles. The maximum Gasteiger partial charge on any atom is 0.187 e. The van der Waals surface area contributed by atoms with E-state index < -0.39 is 0 Å². The quantitative estimate of drug-likeness (QED) is 0.621. The molecule has 2 aliphatic rings. The Hall–Kier alpha value is -0.680. The minimum atomic E-state index is 0.302. The molecule has 2 rings (SSSR count). The molecule has 0 unspecified atom stereocenters. The molecule has 2 fully saturated rings. The predicted molar refractivity (Wildman–Crippen MR) is 86.9 cm³/mol. The van der Waals surface area contributed by atoms with Gasteiger partial charge in [0.2, 0.25) is 0 Å². The molecule has 1 saturated carbocycles. The van der Waals surface area contributed by atoms with Gasteiger partial charge in [0, 0.05) is 18.9 Å². The van der Waals surface area contributed by atoms with Gasteiger partial charge < -0.3 is 10.1 Å². The molecular formula is C15H27N3OS. The fourth-order valence-corrected chi connectivity index (χ4v) is 3.51. The van der Waals surface area contributed by atoms with Crippen LogP contribution in [-0.2, 0) is 4.74 Å². The van der Waals surface area contributed by atoms with Crippen LogP contribution in [0.1, 0.15) is 52.9 Å². The Morgan fingerprint density at radius 3 is 2.95 bits per heavy atom. The molecule has 5 heteroatoms. The third-order valence-electron chi connectivity index (χ3n) is 4.00. The van der Waals surface area contributed by atoms with E-state index in [0.29, 0.717) is 22.5 Å². The zero-order valence-corrected chi connectivity index (χ0v) is 13.7. The van der Waals surface area contributed by atoms with Crippen molar-refractivity contribution < 1.29 is 4.74 Å². The molecule has 0 bridgehead atoms. The highest BCUT2D eigenvalue weighted by Crippen LogP contribution is 2.36. The van der Waals surface area contributed by atoms with Gasteiger partial charge in [-0.1, -0.05) is 20.8 Å². The van der Waals surface area contributed by atoms with Gasteiger partial charge >= 0.3 is 0 Å². The summed E-state index contributed by atoms with van der Waals surface area (Å²) in [5, 5.41) is 8.28. The molecule has 1 heterocycles. The summed E-state index contributed by atoms with van der Waals surface area (Å²) in [5.74, 6) is 0.702. The maximum atomic E-state index is 5.55. The third kappa shape index (κ3) is 5.02. The lowest BCUT2D eigenvalue weighted by molar-refractivity contribution is 0.114. The number of nitrogens with zero attached hydrogens (tertiary/aromatic N) is 1. The SMILES string of the molecule is C[C@H]1CC(=NNC(=S)NC[C@H]2CCCO2)CC(C)(C)C1. The van der Waals surface area contributed by atoms with E-state index in [1.165, 1.54) is 12.1 Å². The minimum absolute atomic E-state index is 0.302. The zero-order valence-electron chi connectivity index (χ0n) is 12.9. The first-order chi connectivity index (χ1) is 9.44. The first kappa shape index (κ1) is 15.7. The number of thiocarbonyl (C=S) groups is 1. The molecule has 0 aromatic heterocycles. The normalized spacial score (nSPS) is 31.2. The van der Waals surface area contributed by atoms with Crippen molar-refractivity contribution in [2.24, 2.45) is 16.4 Å². The second-order valence-corrected chi connectivity index (χ2v) is 7.40. The molecule has 114 valence electrons. The van der Waals surface area contributed by atoms with E-state index >= 15 is 0 Å². The van der Waals surface area contributed by atoms with Crippen LogP contribution < -0.4 is 10.7 Å². The number of hydrogen-bond donors (Lipinski definition) is 2. The van der Waals surface area contributed by atoms with Crippen molar-refractivity contribution in [3.63, 3.8) is 0 Å². The van der Waals surface area contributed by atoms with Gasteiger partial charge in [0.15, 0.2) is 5.11 Å². The first-order valence-corrected chi connectivity index (χ1v) is 8.06. The summed E-state index contributed by atoms with van der Waals surface area (Å²) in [7, 11) is 0. The maximum absolute atomic E-state index is 5.55. The van der Waals surface area contributed by atoms with E-state index in [1.54, 1.807) is 0 Å². The molecule has 0 aromatic rings. The van der Waals surface area contributed by atoms with Gasteiger partial charge in [0.25, 0.3) is 0 Å². The summed E-state index contributed by atoms with van der Waals surface area (Å²) in [5.41, 5.74) is 4.57. The molecule has 1 aliphatic heterocycles. The lowest BCUT2D eigenvalue weighted by Gasteiger charge is -2.34. The molecule has 0 radical (unpaired) electrons. The van der Waals surface area contributed by atoms with Crippen molar-refractivity contribution in [1.82, 2.24) is 10.7 Å². The molecule has 20 heavy (non-hydrogen) atoms. The number of hydrazone groups is 1. The fraction of sp³-hybridized carbons (Fsp3) is 0.867. The third-order valence-corrected chi connectivity index (χ3v) is 4.23. The lowest BCUT2D eigenvalue weighted by atomic mass is 9.72. The summed E-state index contributed by atoms with van der Waals surface area (Å²) in [6.07, 6.45) is 5.98. The smallest absolute Gasteiger partial charge is 0.187 e. The van der Waals surface area contributed by atoms with Gasteiger partial charge in [-0.05, 0) is 55.7 Å². The van der Waals surface area contributed by atoms with E-state index in [9.17, 15) is 0 Å². The molecule has 4 nitrogen and oxygen atoms in total. The van der Waals surface area contributed by atoms with Crippen LogP contribution in [0.4, 0.5) is 0 Å². The molecule has 1 aliphatic carbocycles. The van der Waals surface area contributed by atoms with Crippen LogP contribution in [0.15, 0.2) is 5.10 Å². The highest BCUT2D eigenvalue weighted by Gasteiger charge is 2.29. The van der Waals surface area contributed by atoms with Crippen LogP contribution in [0.5, 0.6) is 0 Å². The fourth-order valence-electron chi connectivity index (χ4n) is 3.38. The summed E-state index contributed by atoms with van der Waals surface area (Å²) >= 11 is 5.26. The van der Waals surface area contributed by atoms with Crippen molar-refractivity contribution in [2.45, 2.75) is 59.0 Å². The summed E-state index contributed by atoms with van der Waals surface area (Å²) < 4.78 is 5.55. The standard InChI is InChI=1S/C15H27N3OS/c1-11-7-12(9-15(2,3)8-11)17-18-14(20)16-10-13-5-4-6-19-13/h11,13H,4-10H2,1-3H3,(H2,16,18,20)/t11-,13+/m0/s1. The minimum Gasteiger partial charge on any atom is -0.376 e. The van der Waals surface area contributed by atoms with Crippen molar-refractivity contribution in [1.29, 1.82) is 0 Å². The van der Waals surface area contributed by atoms with Crippen molar-refractivity contribution >= 4 is 23.0 Å². The van der Waals surface area contributed by atoms with Gasteiger partial charge in [-0.25, -0.2) is 0 Å². The molecule has 2 atom stereocenters. The summed E-state index contributed by atoms with van der Waals surface area (Å²) in [6.45, 7) is 8.57. The first-order valence-electron chi connectivity index (χ1n) is 7.65. The Morgan fingerprint density at radius 1 is 1.50 bits per heavy atom. The van der Waals surface area contributed by atoms with E-state index in [0.717, 1.165) is 38.8 Å². The highest BCUT2D eigenvalue weighted by molar-refractivity contribution is 7.80. The van der Waals surface area contributed by atoms with Crippen LogP contribution in [-0.4, -0.2) is 30.1 Å². The topological polar surface area (TPSA) is 45.7 Å². The summed E-state index contributed by atoms with van der Waals surface area (Å²) in [6, 6.07) is 0. The Bertz CT molecular complexity index is 375. The summed E-state index contributed by atoms with van der Waals surface area (Å²) in [4.78, 5) is 0. The van der Waals surface area contributed by atoms with E-state index in [1.807, 2.05) is 0 Å². The van der Waals surface area contributed by atoms with Crippen LogP contribution in [0.25, 0.3) is 0 Å². The van der Waals surface area contributed by atoms with E-state index in [-0.39, 0.29) is 0 Å². The molecule has 0 amide bonds. The van der Waals surface area contributed by atoms with Gasteiger partial charge in [-0.15, -0.1) is 0 Å². The van der Waals surface area contributed by atoms with Crippen LogP contribution in [0.3, 0.4) is 0 Å². The Labute approximate surface area is 127 Å². The van der Waals surface area contributed by atoms with Crippen molar-refractivity contribution in [3.05, 3.63) is 0 Å². The van der Waals surface area contributed by atoms with Gasteiger partial charge in [-0.2, -0.15) is 5.10 Å². The lowest BCUT2D eigenvalue weighted by Crippen LogP contribution is -2.38. The largest absolute Gasteiger partial charge is 0.376 e. The number of nitrogens with one attached hydrogen (secondary N) is 2. The average molecular weight is 297 g/mol. The van der Waals surface area contributed by atoms with Crippen LogP contribution in [0.2, 0.25) is 0 Å². The van der Waals surface area contributed by atoms with E-state index in [4.69, 9.17) is 17.0 Å². The Kier molecular flexibility index (Phi) is 5.38. The predicted octanol–water partition coefficient (Wildman–Crippen LogP) is 2.83. The van der Waals surface area contributed by atoms with Crippen molar-refractivity contribution in [3.8, 4) is 0 Å². The molecule has 2 N–H and O–H groups in total. The number of ether oxygens (including phenoxy) is 1. The second-order valence-electron chi connectivity index (χ2n) is 6.99. The highest BCUT2D eigenvalue weighted by atomic mass is 32.1. The second kappa shape index (κ2) is 6.85. The molecule has 0 aromatic carbocycles. The van der Waals surface area contributed by atoms with Crippen LogP contribution >= 0.6 is 12.2 Å². The van der Waals surface area contributed by atoms with E-state index in [2.05, 4.69) is 36.6 Å². The number of hydrogen-bond acceptors (Lipinski definition) is 3. The van der Waals surface area contributed by atoms with Gasteiger partial charge in [0.1, 0.15) is 0 Å². The van der Waals surface area contributed by atoms with Crippen LogP contribution in [0, 0.1) is 11.3 Å². The molecule has 0 spiro atoms. The molecular weight excluding hydrogens is 270 g/mol. The van der Waals surface area contributed by atoms with Crippen molar-refractivity contribution in [2.75, 3.05) is 13.2 Å². The monoisotopic (exact) mass is 297 g/mol. The van der Waals surface area contributed by atoms with Gasteiger partial charge in [0.05, 0.1) is 6.10 Å². The number of rotatable bonds is 3. The Morgan fingerprint density at radius 2 is 2.30 bits per heavy atom. The zero-order chi connectivity index (χ0) is 14.6. The van der Waals surface area contributed by atoms with Gasteiger partial charge in [-0.3, -0.25) is 5.43 Å². The Balaban J connectivity index is 1.74.